The van der Waals surface area contributed by atoms with Crippen LogP contribution >= 0.6 is 0 Å². The van der Waals surface area contributed by atoms with Crippen molar-refractivity contribution in [3.05, 3.63) is 65.2 Å². The predicted octanol–water partition coefficient (Wildman–Crippen LogP) is 2.51. The van der Waals surface area contributed by atoms with E-state index in [4.69, 9.17) is 5.11 Å². The van der Waals surface area contributed by atoms with Gasteiger partial charge in [0, 0.05) is 18.3 Å². The van der Waals surface area contributed by atoms with Crippen LogP contribution in [0.3, 0.4) is 0 Å². The highest BCUT2D eigenvalue weighted by molar-refractivity contribution is 5.88. The summed E-state index contributed by atoms with van der Waals surface area (Å²) in [6, 6.07) is 9.56. The van der Waals surface area contributed by atoms with E-state index in [1.54, 1.807) is 18.3 Å². The van der Waals surface area contributed by atoms with Crippen LogP contribution in [0.25, 0.3) is 0 Å². The van der Waals surface area contributed by atoms with Crippen molar-refractivity contribution >= 4 is 5.97 Å². The van der Waals surface area contributed by atoms with Crippen LogP contribution in [0.4, 0.5) is 4.39 Å². The molecule has 0 amide bonds. The van der Waals surface area contributed by atoms with Crippen LogP contribution in [-0.2, 0) is 6.42 Å². The topological polar surface area (TPSA) is 50.2 Å². The Morgan fingerprint density at radius 1 is 1.29 bits per heavy atom. The lowest BCUT2D eigenvalue weighted by Gasteiger charge is -2.03. The van der Waals surface area contributed by atoms with Crippen LogP contribution in [0.15, 0.2) is 42.6 Å². The van der Waals surface area contributed by atoms with E-state index in [0.29, 0.717) is 6.42 Å². The van der Waals surface area contributed by atoms with E-state index >= 15 is 0 Å². The van der Waals surface area contributed by atoms with Gasteiger partial charge in [0.25, 0.3) is 0 Å². The molecule has 2 aromatic rings. The molecule has 0 aliphatic carbocycles. The number of aromatic nitrogens is 1. The molecule has 1 aromatic carbocycles. The molecule has 1 N–H and O–H groups in total. The minimum Gasteiger partial charge on any atom is -0.478 e. The highest BCUT2D eigenvalue weighted by Crippen LogP contribution is 2.13. The Morgan fingerprint density at radius 3 is 2.76 bits per heavy atom. The predicted molar refractivity (Wildman–Crippen MR) is 60.4 cm³/mol. The SMILES string of the molecule is O=C(O)c1cc(Cc2ccccn2)ccc1F. The van der Waals surface area contributed by atoms with Gasteiger partial charge in [-0.25, -0.2) is 9.18 Å². The minimum absolute atomic E-state index is 0.307. The number of carboxylic acid groups (broad SMARTS) is 1. The second kappa shape index (κ2) is 4.74. The zero-order chi connectivity index (χ0) is 12.3. The molecule has 0 saturated heterocycles. The Bertz CT molecular complexity index is 540. The van der Waals surface area contributed by atoms with Gasteiger partial charge in [-0.3, -0.25) is 4.98 Å². The van der Waals surface area contributed by atoms with Crippen molar-refractivity contribution < 1.29 is 14.3 Å². The molecule has 3 nitrogen and oxygen atoms in total. The number of rotatable bonds is 3. The van der Waals surface area contributed by atoms with Crippen molar-refractivity contribution in [1.29, 1.82) is 0 Å². The van der Waals surface area contributed by atoms with Gasteiger partial charge in [0.05, 0.1) is 5.56 Å². The summed E-state index contributed by atoms with van der Waals surface area (Å²) in [6.45, 7) is 0. The van der Waals surface area contributed by atoms with Crippen molar-refractivity contribution in [1.82, 2.24) is 4.98 Å². The maximum Gasteiger partial charge on any atom is 0.338 e. The van der Waals surface area contributed by atoms with Gasteiger partial charge < -0.3 is 5.11 Å². The second-order valence-electron chi connectivity index (χ2n) is 3.62. The maximum absolute atomic E-state index is 13.2. The largest absolute Gasteiger partial charge is 0.478 e. The van der Waals surface area contributed by atoms with Crippen LogP contribution in [0, 0.1) is 5.82 Å². The summed E-state index contributed by atoms with van der Waals surface area (Å²) in [7, 11) is 0. The summed E-state index contributed by atoms with van der Waals surface area (Å²) in [5.74, 6) is -1.98. The molecule has 0 saturated carbocycles. The normalized spacial score (nSPS) is 10.2. The van der Waals surface area contributed by atoms with E-state index in [1.165, 1.54) is 12.1 Å². The fourth-order valence-electron chi connectivity index (χ4n) is 1.56. The second-order valence-corrected chi connectivity index (χ2v) is 3.62. The first-order chi connectivity index (χ1) is 8.16. The third-order valence-electron chi connectivity index (χ3n) is 2.37. The first-order valence-electron chi connectivity index (χ1n) is 5.08. The summed E-state index contributed by atoms with van der Waals surface area (Å²) in [5.41, 5.74) is 1.23. The number of carboxylic acids is 1. The lowest BCUT2D eigenvalue weighted by molar-refractivity contribution is 0.0692. The van der Waals surface area contributed by atoms with Gasteiger partial charge in [-0.05, 0) is 29.8 Å². The van der Waals surface area contributed by atoms with E-state index in [0.717, 1.165) is 11.3 Å². The van der Waals surface area contributed by atoms with Gasteiger partial charge in [-0.15, -0.1) is 0 Å². The Labute approximate surface area is 97.6 Å². The van der Waals surface area contributed by atoms with E-state index in [1.807, 2.05) is 12.1 Å². The first-order valence-corrected chi connectivity index (χ1v) is 5.08. The molecule has 0 unspecified atom stereocenters. The molecule has 2 rings (SSSR count). The van der Waals surface area contributed by atoms with Gasteiger partial charge in [-0.2, -0.15) is 0 Å². The molecule has 0 atom stereocenters. The lowest BCUT2D eigenvalue weighted by atomic mass is 10.1. The zero-order valence-corrected chi connectivity index (χ0v) is 8.93. The van der Waals surface area contributed by atoms with Crippen LogP contribution in [-0.4, -0.2) is 16.1 Å². The molecule has 17 heavy (non-hydrogen) atoms. The molecule has 0 bridgehead atoms. The highest BCUT2D eigenvalue weighted by atomic mass is 19.1. The van der Waals surface area contributed by atoms with Crippen molar-refractivity contribution in [3.8, 4) is 0 Å². The van der Waals surface area contributed by atoms with Gasteiger partial charge in [0.2, 0.25) is 0 Å². The number of carbonyl (C=O) groups is 1. The van der Waals surface area contributed by atoms with Gasteiger partial charge in [0.1, 0.15) is 5.82 Å². The van der Waals surface area contributed by atoms with Crippen LogP contribution in [0.1, 0.15) is 21.6 Å². The first kappa shape index (κ1) is 11.3. The third kappa shape index (κ3) is 2.66. The Morgan fingerprint density at radius 2 is 2.12 bits per heavy atom. The zero-order valence-electron chi connectivity index (χ0n) is 8.93. The lowest BCUT2D eigenvalue weighted by Crippen LogP contribution is -2.02. The summed E-state index contributed by atoms with van der Waals surface area (Å²) < 4.78 is 13.2. The van der Waals surface area contributed by atoms with Crippen molar-refractivity contribution in [2.75, 3.05) is 0 Å². The summed E-state index contributed by atoms with van der Waals surface area (Å²) in [4.78, 5) is 14.9. The number of hydrogen-bond donors (Lipinski definition) is 1. The quantitative estimate of drug-likeness (QED) is 0.882. The maximum atomic E-state index is 13.2. The molecule has 0 fully saturated rings. The van der Waals surface area contributed by atoms with Gasteiger partial charge >= 0.3 is 5.97 Å². The molecule has 86 valence electrons. The van der Waals surface area contributed by atoms with E-state index in [9.17, 15) is 9.18 Å². The molecule has 0 aliphatic heterocycles. The Hall–Kier alpha value is -2.23. The number of halogens is 1. The fourth-order valence-corrected chi connectivity index (χ4v) is 1.56. The Balaban J connectivity index is 2.29. The average molecular weight is 231 g/mol. The smallest absolute Gasteiger partial charge is 0.338 e. The number of hydrogen-bond acceptors (Lipinski definition) is 2. The standard InChI is InChI=1S/C13H10FNO2/c14-12-5-4-9(8-11(12)13(16)17)7-10-3-1-2-6-15-10/h1-6,8H,7H2,(H,16,17). The fraction of sp³-hybridized carbons (Fsp3) is 0.0769. The molecular formula is C13H10FNO2. The van der Waals surface area contributed by atoms with Crippen LogP contribution < -0.4 is 0 Å². The van der Waals surface area contributed by atoms with E-state index < -0.39 is 11.8 Å². The average Bonchev–Trinajstić information content (AvgIpc) is 2.32. The third-order valence-corrected chi connectivity index (χ3v) is 2.37. The summed E-state index contributed by atoms with van der Waals surface area (Å²) in [5, 5.41) is 8.80. The van der Waals surface area contributed by atoms with E-state index in [2.05, 4.69) is 4.98 Å². The highest BCUT2D eigenvalue weighted by Gasteiger charge is 2.10. The number of pyridine rings is 1. The van der Waals surface area contributed by atoms with Crippen molar-refractivity contribution in [2.24, 2.45) is 0 Å². The van der Waals surface area contributed by atoms with E-state index in [-0.39, 0.29) is 5.56 Å². The molecular weight excluding hydrogens is 221 g/mol. The summed E-state index contributed by atoms with van der Waals surface area (Å²) in [6.07, 6.45) is 2.15. The monoisotopic (exact) mass is 231 g/mol. The molecule has 0 spiro atoms. The Kier molecular flexibility index (Phi) is 3.14. The molecule has 0 aliphatic rings. The molecule has 4 heteroatoms. The van der Waals surface area contributed by atoms with Crippen molar-refractivity contribution in [3.63, 3.8) is 0 Å². The minimum atomic E-state index is -1.26. The van der Waals surface area contributed by atoms with Gasteiger partial charge in [-0.1, -0.05) is 12.1 Å². The van der Waals surface area contributed by atoms with Crippen LogP contribution in [0.5, 0.6) is 0 Å². The molecule has 1 heterocycles. The molecule has 1 aromatic heterocycles. The van der Waals surface area contributed by atoms with Crippen molar-refractivity contribution in [2.45, 2.75) is 6.42 Å². The molecule has 0 radical (unpaired) electrons. The number of aromatic carboxylic acids is 1. The number of benzene rings is 1. The van der Waals surface area contributed by atoms with Gasteiger partial charge in [0.15, 0.2) is 0 Å². The van der Waals surface area contributed by atoms with Crippen LogP contribution in [0.2, 0.25) is 0 Å². The summed E-state index contributed by atoms with van der Waals surface area (Å²) >= 11 is 0. The number of nitrogens with zero attached hydrogens (tertiary/aromatic N) is 1.